The van der Waals surface area contributed by atoms with Gasteiger partial charge in [-0.3, -0.25) is 0 Å². The molecule has 0 bridgehead atoms. The minimum atomic E-state index is 0.949. The van der Waals surface area contributed by atoms with Gasteiger partial charge in [0, 0.05) is 0 Å². The van der Waals surface area contributed by atoms with Gasteiger partial charge in [0.15, 0.2) is 0 Å². The minimum Gasteiger partial charge on any atom is -0.102 e. The van der Waals surface area contributed by atoms with Gasteiger partial charge in [-0.15, -0.1) is 6.22 Å². The van der Waals surface area contributed by atoms with Gasteiger partial charge in [-0.1, -0.05) is 19.9 Å². The third-order valence-electron chi connectivity index (χ3n) is 1.48. The summed E-state index contributed by atoms with van der Waals surface area (Å²) >= 11 is 0. The molecule has 0 aromatic rings. The van der Waals surface area contributed by atoms with Crippen molar-refractivity contribution in [1.82, 2.24) is 0 Å². The largest absolute Gasteiger partial charge is 0.120 e. The highest BCUT2D eigenvalue weighted by Crippen LogP contribution is 1.91. The zero-order valence-corrected chi connectivity index (χ0v) is 5.70. The van der Waals surface area contributed by atoms with Crippen molar-refractivity contribution in [3.8, 4) is 0 Å². The van der Waals surface area contributed by atoms with Gasteiger partial charge in [-0.25, -0.2) is 0 Å². The molecule has 0 heterocycles. The van der Waals surface area contributed by atoms with E-state index in [9.17, 15) is 0 Å². The molecule has 0 aromatic carbocycles. The molecule has 0 nitrogen and oxygen atoms in total. The summed E-state index contributed by atoms with van der Waals surface area (Å²) in [7, 11) is 3.59. The fraction of sp³-hybridized carbons (Fsp3) is 1.00. The van der Waals surface area contributed by atoms with Crippen LogP contribution in [0.15, 0.2) is 0 Å². The Kier molecular flexibility index (Phi) is 4.48. The van der Waals surface area contributed by atoms with E-state index in [-0.39, 0.29) is 0 Å². The van der Waals surface area contributed by atoms with Gasteiger partial charge in [0.05, 0.1) is 7.85 Å². The number of rotatable bonds is 3. The van der Waals surface area contributed by atoms with E-state index in [2.05, 4.69) is 21.5 Å². The Labute approximate surface area is 48.8 Å². The van der Waals surface area contributed by atoms with Crippen molar-refractivity contribution in [2.45, 2.75) is 26.1 Å². The van der Waals surface area contributed by atoms with Crippen molar-refractivity contribution in [3.63, 3.8) is 0 Å². The van der Waals surface area contributed by atoms with Crippen molar-refractivity contribution in [1.29, 1.82) is 0 Å². The van der Waals surface area contributed by atoms with Crippen LogP contribution in [-0.2, 0) is 0 Å². The van der Waals surface area contributed by atoms with E-state index in [0.717, 1.165) is 6.71 Å². The Morgan fingerprint density at radius 1 is 1.71 bits per heavy atom. The van der Waals surface area contributed by atoms with E-state index < -0.39 is 0 Å². The minimum absolute atomic E-state index is 0.949. The maximum absolute atomic E-state index is 2.31. The van der Waals surface area contributed by atoms with Crippen molar-refractivity contribution in [3.05, 3.63) is 0 Å². The Morgan fingerprint density at radius 3 is 2.43 bits per heavy atom. The Morgan fingerprint density at radius 2 is 2.29 bits per heavy atom. The van der Waals surface area contributed by atoms with E-state index in [1.165, 1.54) is 19.7 Å². The first-order valence-electron chi connectivity index (χ1n) is 3.31. The zero-order valence-electron chi connectivity index (χ0n) is 5.70. The van der Waals surface area contributed by atoms with Crippen LogP contribution in [0.4, 0.5) is 0 Å². The summed E-state index contributed by atoms with van der Waals surface area (Å²) in [6, 6.07) is 0. The highest BCUT2D eigenvalue weighted by atomic mass is 13.5. The SMILES string of the molecule is BCB(C)CBC. The molecule has 0 aliphatic heterocycles. The Hall–Kier alpha value is 0.195. The van der Waals surface area contributed by atoms with E-state index in [1.54, 1.807) is 0 Å². The normalized spacial score (nSPS) is 8.29. The van der Waals surface area contributed by atoms with Gasteiger partial charge in [0.2, 0.25) is 0 Å². The van der Waals surface area contributed by atoms with E-state index >= 15 is 0 Å². The van der Waals surface area contributed by atoms with Crippen LogP contribution >= 0.6 is 0 Å². The predicted octanol–water partition coefficient (Wildman–Crippen LogP) is 0.144. The summed E-state index contributed by atoms with van der Waals surface area (Å²) in [4.78, 5) is 0. The second-order valence-corrected chi connectivity index (χ2v) is 2.30. The molecular weight excluding hydrogens is 80.5 g/mol. The fourth-order valence-corrected chi connectivity index (χ4v) is 0.697. The van der Waals surface area contributed by atoms with Gasteiger partial charge < -0.3 is 0 Å². The van der Waals surface area contributed by atoms with E-state index in [4.69, 9.17) is 0 Å². The molecule has 0 fully saturated rings. The molecular formula is C4H13B3. The van der Waals surface area contributed by atoms with Crippen LogP contribution < -0.4 is 0 Å². The Balaban J connectivity index is 2.83. The Bertz CT molecular complexity index is 37.9. The maximum atomic E-state index is 2.31. The predicted molar refractivity (Wildman–Crippen MR) is 42.8 cm³/mol. The average Bonchev–Trinajstić information content (AvgIpc) is 1.68. The molecule has 0 amide bonds. The highest BCUT2D eigenvalue weighted by molar-refractivity contribution is 6.72. The van der Waals surface area contributed by atoms with Crippen molar-refractivity contribution >= 4 is 21.8 Å². The molecule has 0 N–H and O–H groups in total. The number of hydrogen-bond donors (Lipinski definition) is 0. The second kappa shape index (κ2) is 4.36. The maximum Gasteiger partial charge on any atom is 0.120 e. The highest BCUT2D eigenvalue weighted by Gasteiger charge is 1.98. The van der Waals surface area contributed by atoms with Crippen LogP contribution in [-0.4, -0.2) is 21.8 Å². The summed E-state index contributed by atoms with van der Waals surface area (Å²) in [6.07, 6.45) is 2.74. The molecule has 0 unspecified atom stereocenters. The summed E-state index contributed by atoms with van der Waals surface area (Å²) in [5.74, 6) is 0. The first kappa shape index (κ1) is 7.19. The van der Waals surface area contributed by atoms with Crippen LogP contribution in [0, 0.1) is 0 Å². The lowest BCUT2D eigenvalue weighted by atomic mass is 9.35. The topological polar surface area (TPSA) is 0 Å². The lowest BCUT2D eigenvalue weighted by molar-refractivity contribution is 1.73. The molecule has 0 aliphatic rings. The zero-order chi connectivity index (χ0) is 5.70. The standard InChI is InChI=1S/C4H13B3/c1-6-4-7(2)3-5/h6H,3-5H2,1-2H3. The van der Waals surface area contributed by atoms with Gasteiger partial charge >= 0.3 is 0 Å². The third-order valence-corrected chi connectivity index (χ3v) is 1.48. The lowest BCUT2D eigenvalue weighted by Crippen LogP contribution is -2.07. The lowest BCUT2D eigenvalue weighted by Gasteiger charge is -1.96. The van der Waals surface area contributed by atoms with Crippen LogP contribution in [0.2, 0.25) is 26.1 Å². The molecule has 0 aromatic heterocycles. The molecule has 7 heavy (non-hydrogen) atoms. The first-order valence-corrected chi connectivity index (χ1v) is 3.31. The van der Waals surface area contributed by atoms with Gasteiger partial charge in [-0.2, -0.15) is 0 Å². The van der Waals surface area contributed by atoms with Gasteiger partial charge in [0.25, 0.3) is 0 Å². The van der Waals surface area contributed by atoms with Crippen LogP contribution in [0.3, 0.4) is 0 Å². The van der Waals surface area contributed by atoms with Gasteiger partial charge in [0.1, 0.15) is 14.0 Å². The monoisotopic (exact) mass is 94.1 g/mol. The molecule has 0 rings (SSSR count). The van der Waals surface area contributed by atoms with Gasteiger partial charge in [-0.05, 0) is 0 Å². The molecule has 0 saturated heterocycles. The molecule has 0 saturated carbocycles. The van der Waals surface area contributed by atoms with Crippen molar-refractivity contribution in [2.24, 2.45) is 0 Å². The number of hydrogen-bond acceptors (Lipinski definition) is 0. The molecule has 0 aliphatic carbocycles. The van der Waals surface area contributed by atoms with E-state index in [0.29, 0.717) is 0 Å². The fourth-order valence-electron chi connectivity index (χ4n) is 0.697. The average molecular weight is 93.6 g/mol. The van der Waals surface area contributed by atoms with Crippen LogP contribution in [0.1, 0.15) is 0 Å². The summed E-state index contributed by atoms with van der Waals surface area (Å²) < 4.78 is 0. The van der Waals surface area contributed by atoms with E-state index in [1.807, 2.05) is 0 Å². The van der Waals surface area contributed by atoms with Crippen LogP contribution in [0.5, 0.6) is 0 Å². The molecule has 3 heteroatoms. The smallest absolute Gasteiger partial charge is 0.102 e. The molecule has 38 valence electrons. The second-order valence-electron chi connectivity index (χ2n) is 2.30. The first-order chi connectivity index (χ1) is 3.31. The summed E-state index contributed by atoms with van der Waals surface area (Å²) in [5, 5.41) is 0. The van der Waals surface area contributed by atoms with Crippen molar-refractivity contribution in [2.75, 3.05) is 0 Å². The molecule has 0 spiro atoms. The quantitative estimate of drug-likeness (QED) is 0.436. The third kappa shape index (κ3) is 4.04. The van der Waals surface area contributed by atoms with Crippen molar-refractivity contribution < 1.29 is 0 Å². The molecule has 0 atom stereocenters. The summed E-state index contributed by atoms with van der Waals surface area (Å²) in [5.41, 5.74) is 0. The molecule has 0 radical (unpaired) electrons. The van der Waals surface area contributed by atoms with Crippen LogP contribution in [0.25, 0.3) is 0 Å². The summed E-state index contributed by atoms with van der Waals surface area (Å²) in [6.45, 7) is 5.50.